The first-order chi connectivity index (χ1) is 9.20. The van der Waals surface area contributed by atoms with Gasteiger partial charge < -0.3 is 9.84 Å². The zero-order valence-electron chi connectivity index (χ0n) is 10.4. The third-order valence-electron chi connectivity index (χ3n) is 2.46. The second-order valence-electron chi connectivity index (χ2n) is 3.83. The van der Waals surface area contributed by atoms with Gasteiger partial charge in [0.15, 0.2) is 0 Å². The number of carboxylic acid groups (broad SMARTS) is 1. The van der Waals surface area contributed by atoms with Crippen molar-refractivity contribution in [1.29, 1.82) is 0 Å². The average molecular weight is 255 g/mol. The topological polar surface area (TPSA) is 59.4 Å². The number of pyridine rings is 1. The molecule has 96 valence electrons. The number of carbonyl (C=O) groups is 1. The Morgan fingerprint density at radius 2 is 2.11 bits per heavy atom. The number of nitrogens with zero attached hydrogens (tertiary/aromatic N) is 1. The van der Waals surface area contributed by atoms with Crippen LogP contribution < -0.4 is 4.74 Å². The molecule has 4 nitrogen and oxygen atoms in total. The Morgan fingerprint density at radius 3 is 2.84 bits per heavy atom. The maximum atomic E-state index is 10.9. The molecule has 0 aliphatic carbocycles. The number of allylic oxidation sites excluding steroid dienone is 1. The van der Waals surface area contributed by atoms with Gasteiger partial charge in [-0.2, -0.15) is 0 Å². The summed E-state index contributed by atoms with van der Waals surface area (Å²) in [6.45, 7) is 1.92. The van der Waals surface area contributed by atoms with Crippen LogP contribution in [-0.4, -0.2) is 16.1 Å². The fraction of sp³-hybridized carbons (Fsp3) is 0.0667. The van der Waals surface area contributed by atoms with E-state index in [0.29, 0.717) is 5.75 Å². The van der Waals surface area contributed by atoms with Crippen molar-refractivity contribution >= 4 is 12.0 Å². The van der Waals surface area contributed by atoms with Gasteiger partial charge in [0.2, 0.25) is 5.88 Å². The van der Waals surface area contributed by atoms with Crippen LogP contribution in [0.5, 0.6) is 11.6 Å². The van der Waals surface area contributed by atoms with Crippen LogP contribution in [0.2, 0.25) is 0 Å². The quantitative estimate of drug-likeness (QED) is 0.906. The molecule has 0 saturated carbocycles. The van der Waals surface area contributed by atoms with Gasteiger partial charge in [-0.3, -0.25) is 0 Å². The van der Waals surface area contributed by atoms with Gasteiger partial charge in [0.25, 0.3) is 0 Å². The van der Waals surface area contributed by atoms with E-state index in [2.05, 4.69) is 4.98 Å². The molecule has 0 bridgehead atoms. The summed E-state index contributed by atoms with van der Waals surface area (Å²) in [4.78, 5) is 14.9. The SMILES string of the molecule is C/C=C/c1ccccc1Oc1cc(C(=O)O)ccn1. The van der Waals surface area contributed by atoms with Gasteiger partial charge in [-0.25, -0.2) is 9.78 Å². The minimum atomic E-state index is -1.01. The molecule has 0 saturated heterocycles. The normalized spacial score (nSPS) is 10.6. The molecule has 1 aromatic carbocycles. The van der Waals surface area contributed by atoms with Crippen molar-refractivity contribution in [2.75, 3.05) is 0 Å². The van der Waals surface area contributed by atoms with Crippen LogP contribution in [0.4, 0.5) is 0 Å². The van der Waals surface area contributed by atoms with Gasteiger partial charge in [-0.15, -0.1) is 0 Å². The van der Waals surface area contributed by atoms with E-state index >= 15 is 0 Å². The lowest BCUT2D eigenvalue weighted by molar-refractivity contribution is 0.0696. The second-order valence-corrected chi connectivity index (χ2v) is 3.83. The van der Waals surface area contributed by atoms with Crippen LogP contribution in [-0.2, 0) is 0 Å². The van der Waals surface area contributed by atoms with E-state index in [0.717, 1.165) is 5.56 Å². The van der Waals surface area contributed by atoms with E-state index in [1.807, 2.05) is 43.3 Å². The smallest absolute Gasteiger partial charge is 0.335 e. The summed E-state index contributed by atoms with van der Waals surface area (Å²) in [7, 11) is 0. The molecule has 2 rings (SSSR count). The Hall–Kier alpha value is -2.62. The van der Waals surface area contributed by atoms with Crippen molar-refractivity contribution < 1.29 is 14.6 Å². The lowest BCUT2D eigenvalue weighted by Gasteiger charge is -2.08. The van der Waals surface area contributed by atoms with E-state index in [9.17, 15) is 4.79 Å². The molecule has 4 heteroatoms. The van der Waals surface area contributed by atoms with Crippen molar-refractivity contribution in [3.63, 3.8) is 0 Å². The maximum absolute atomic E-state index is 10.9. The van der Waals surface area contributed by atoms with Gasteiger partial charge >= 0.3 is 5.97 Å². The Kier molecular flexibility index (Phi) is 3.93. The molecule has 0 radical (unpaired) electrons. The first kappa shape index (κ1) is 12.8. The second kappa shape index (κ2) is 5.82. The Balaban J connectivity index is 2.31. The molecule has 1 heterocycles. The highest BCUT2D eigenvalue weighted by atomic mass is 16.5. The van der Waals surface area contributed by atoms with Crippen molar-refractivity contribution in [1.82, 2.24) is 4.98 Å². The minimum Gasteiger partial charge on any atom is -0.478 e. The summed E-state index contributed by atoms with van der Waals surface area (Å²) < 4.78 is 5.63. The minimum absolute atomic E-state index is 0.147. The highest BCUT2D eigenvalue weighted by Gasteiger charge is 2.07. The van der Waals surface area contributed by atoms with E-state index in [1.54, 1.807) is 0 Å². The summed E-state index contributed by atoms with van der Waals surface area (Å²) in [6.07, 6.45) is 5.23. The molecule has 0 fully saturated rings. The summed E-state index contributed by atoms with van der Waals surface area (Å²) in [5, 5.41) is 8.92. The first-order valence-electron chi connectivity index (χ1n) is 5.79. The monoisotopic (exact) mass is 255 g/mol. The molecule has 1 aromatic heterocycles. The van der Waals surface area contributed by atoms with Crippen LogP contribution >= 0.6 is 0 Å². The van der Waals surface area contributed by atoms with Gasteiger partial charge in [-0.05, 0) is 19.1 Å². The number of hydrogen-bond donors (Lipinski definition) is 1. The fourth-order valence-corrected chi connectivity index (χ4v) is 1.60. The van der Waals surface area contributed by atoms with Crippen molar-refractivity contribution in [3.05, 3.63) is 59.8 Å². The van der Waals surface area contributed by atoms with E-state index in [1.165, 1.54) is 18.3 Å². The summed E-state index contributed by atoms with van der Waals surface area (Å²) in [5.41, 5.74) is 1.06. The highest BCUT2D eigenvalue weighted by Crippen LogP contribution is 2.25. The van der Waals surface area contributed by atoms with Crippen LogP contribution in [0, 0.1) is 0 Å². The van der Waals surface area contributed by atoms with Crippen molar-refractivity contribution in [3.8, 4) is 11.6 Å². The largest absolute Gasteiger partial charge is 0.478 e. The van der Waals surface area contributed by atoms with Gasteiger partial charge in [-0.1, -0.05) is 30.4 Å². The molecule has 0 amide bonds. The molecule has 0 spiro atoms. The number of para-hydroxylation sites is 1. The molecule has 0 aliphatic rings. The van der Waals surface area contributed by atoms with Crippen LogP contribution in [0.15, 0.2) is 48.7 Å². The number of ether oxygens (including phenoxy) is 1. The summed E-state index contributed by atoms with van der Waals surface area (Å²) in [6, 6.07) is 10.3. The maximum Gasteiger partial charge on any atom is 0.335 e. The van der Waals surface area contributed by atoms with Crippen molar-refractivity contribution in [2.24, 2.45) is 0 Å². The predicted molar refractivity (Wildman–Crippen MR) is 72.4 cm³/mol. The van der Waals surface area contributed by atoms with Gasteiger partial charge in [0, 0.05) is 17.8 Å². The Labute approximate surface area is 111 Å². The van der Waals surface area contributed by atoms with Crippen LogP contribution in [0.1, 0.15) is 22.8 Å². The summed E-state index contributed by atoms with van der Waals surface area (Å²) in [5.74, 6) is -0.110. The van der Waals surface area contributed by atoms with Gasteiger partial charge in [0.05, 0.1) is 5.56 Å². The summed E-state index contributed by atoms with van der Waals surface area (Å²) >= 11 is 0. The molecule has 0 atom stereocenters. The van der Waals surface area contributed by atoms with Crippen LogP contribution in [0.25, 0.3) is 6.08 Å². The molecule has 19 heavy (non-hydrogen) atoms. The lowest BCUT2D eigenvalue weighted by Crippen LogP contribution is -1.98. The Bertz CT molecular complexity index is 620. The number of aromatic carboxylic acids is 1. The number of hydrogen-bond acceptors (Lipinski definition) is 3. The molecule has 2 aromatic rings. The molecule has 0 aliphatic heterocycles. The molecular formula is C15H13NO3. The third kappa shape index (κ3) is 3.19. The van der Waals surface area contributed by atoms with Gasteiger partial charge in [0.1, 0.15) is 5.75 Å². The zero-order chi connectivity index (χ0) is 13.7. The number of aromatic nitrogens is 1. The molecule has 0 unspecified atom stereocenters. The fourth-order valence-electron chi connectivity index (χ4n) is 1.60. The number of benzene rings is 1. The molecular weight excluding hydrogens is 242 g/mol. The molecule has 1 N–H and O–H groups in total. The lowest BCUT2D eigenvalue weighted by atomic mass is 10.2. The highest BCUT2D eigenvalue weighted by molar-refractivity contribution is 5.87. The average Bonchev–Trinajstić information content (AvgIpc) is 2.41. The Morgan fingerprint density at radius 1 is 1.32 bits per heavy atom. The standard InChI is InChI=1S/C15H13NO3/c1-2-5-11-6-3-4-7-13(11)19-14-10-12(15(17)18)8-9-16-14/h2-10H,1H3,(H,17,18)/b5-2+. The third-order valence-corrected chi connectivity index (χ3v) is 2.46. The van der Waals surface area contributed by atoms with E-state index in [-0.39, 0.29) is 11.4 Å². The zero-order valence-corrected chi connectivity index (χ0v) is 10.4. The van der Waals surface area contributed by atoms with E-state index < -0.39 is 5.97 Å². The first-order valence-corrected chi connectivity index (χ1v) is 5.79. The number of rotatable bonds is 4. The number of carboxylic acids is 1. The predicted octanol–water partition coefficient (Wildman–Crippen LogP) is 3.61. The van der Waals surface area contributed by atoms with Crippen LogP contribution in [0.3, 0.4) is 0 Å². The van der Waals surface area contributed by atoms with Crippen molar-refractivity contribution in [2.45, 2.75) is 6.92 Å². The van der Waals surface area contributed by atoms with E-state index in [4.69, 9.17) is 9.84 Å².